The highest BCUT2D eigenvalue weighted by molar-refractivity contribution is 5.48. The second-order valence-electron chi connectivity index (χ2n) is 3.35. The second-order valence-corrected chi connectivity index (χ2v) is 3.35. The van der Waals surface area contributed by atoms with Gasteiger partial charge in [-0.05, 0) is 13.0 Å². The summed E-state index contributed by atoms with van der Waals surface area (Å²) in [5, 5.41) is 10.0. The van der Waals surface area contributed by atoms with E-state index in [1.807, 2.05) is 6.92 Å². The summed E-state index contributed by atoms with van der Waals surface area (Å²) in [6.07, 6.45) is 3.48. The first-order valence-corrected chi connectivity index (χ1v) is 4.70. The predicted molar refractivity (Wildman–Crippen MR) is 59.3 cm³/mol. The Balaban J connectivity index is 2.02. The summed E-state index contributed by atoms with van der Waals surface area (Å²) in [6, 6.07) is 3.56. The molecule has 15 heavy (non-hydrogen) atoms. The van der Waals surface area contributed by atoms with Crippen LogP contribution in [0.4, 0.5) is 11.5 Å². The maximum atomic E-state index is 5.64. The van der Waals surface area contributed by atoms with Crippen LogP contribution in [0.5, 0.6) is 0 Å². The van der Waals surface area contributed by atoms with E-state index in [4.69, 9.17) is 5.73 Å². The van der Waals surface area contributed by atoms with Gasteiger partial charge in [0.25, 0.3) is 0 Å². The van der Waals surface area contributed by atoms with E-state index in [0.717, 1.165) is 17.1 Å². The Morgan fingerprint density at radius 2 is 2.40 bits per heavy atom. The fourth-order valence-corrected chi connectivity index (χ4v) is 1.28. The maximum absolute atomic E-state index is 5.64. The molecule has 0 aliphatic carbocycles. The fourth-order valence-electron chi connectivity index (χ4n) is 1.28. The highest BCUT2D eigenvalue weighted by Gasteiger charge is 2.00. The number of nitrogen functional groups attached to an aromatic ring is 1. The van der Waals surface area contributed by atoms with Gasteiger partial charge in [0.05, 0.1) is 6.20 Å². The Morgan fingerprint density at radius 1 is 1.53 bits per heavy atom. The number of nitrogens with zero attached hydrogens (tertiary/aromatic N) is 2. The summed E-state index contributed by atoms with van der Waals surface area (Å²) in [6.45, 7) is 2.68. The van der Waals surface area contributed by atoms with Crippen molar-refractivity contribution in [2.45, 2.75) is 13.5 Å². The first-order valence-electron chi connectivity index (χ1n) is 4.70. The Morgan fingerprint density at radius 3 is 3.07 bits per heavy atom. The number of aryl methyl sites for hydroxylation is 1. The van der Waals surface area contributed by atoms with Gasteiger partial charge in [-0.15, -0.1) is 0 Å². The topological polar surface area (TPSA) is 79.6 Å². The molecule has 0 aliphatic heterocycles. The van der Waals surface area contributed by atoms with E-state index < -0.39 is 0 Å². The molecule has 0 fully saturated rings. The minimum Gasteiger partial charge on any atom is -0.399 e. The number of aromatic nitrogens is 3. The van der Waals surface area contributed by atoms with Crippen LogP contribution in [0, 0.1) is 6.92 Å². The molecule has 0 radical (unpaired) electrons. The minimum atomic E-state index is 0.693. The van der Waals surface area contributed by atoms with Crippen molar-refractivity contribution in [3.8, 4) is 0 Å². The first-order chi connectivity index (χ1) is 7.25. The summed E-state index contributed by atoms with van der Waals surface area (Å²) >= 11 is 0. The number of pyridine rings is 1. The zero-order valence-electron chi connectivity index (χ0n) is 8.49. The van der Waals surface area contributed by atoms with E-state index in [-0.39, 0.29) is 0 Å². The van der Waals surface area contributed by atoms with Crippen molar-refractivity contribution in [2.75, 3.05) is 11.1 Å². The van der Waals surface area contributed by atoms with Gasteiger partial charge in [-0.25, -0.2) is 4.98 Å². The fraction of sp³-hybridized carbons (Fsp3) is 0.200. The lowest BCUT2D eigenvalue weighted by Gasteiger charge is -2.04. The van der Waals surface area contributed by atoms with Crippen LogP contribution in [0.2, 0.25) is 0 Å². The van der Waals surface area contributed by atoms with Gasteiger partial charge in [-0.2, -0.15) is 5.10 Å². The number of rotatable bonds is 3. The summed E-state index contributed by atoms with van der Waals surface area (Å²) in [5.41, 5.74) is 8.53. The minimum absolute atomic E-state index is 0.693. The van der Waals surface area contributed by atoms with Gasteiger partial charge in [0, 0.05) is 35.8 Å². The van der Waals surface area contributed by atoms with Crippen LogP contribution in [0.1, 0.15) is 11.3 Å². The normalized spacial score (nSPS) is 10.2. The molecule has 5 nitrogen and oxygen atoms in total. The highest BCUT2D eigenvalue weighted by atomic mass is 15.1. The Labute approximate surface area is 87.7 Å². The number of hydrogen-bond acceptors (Lipinski definition) is 4. The molecule has 0 saturated heterocycles. The van der Waals surface area contributed by atoms with Gasteiger partial charge in [0.2, 0.25) is 0 Å². The lowest BCUT2D eigenvalue weighted by Crippen LogP contribution is -2.02. The smallest absolute Gasteiger partial charge is 0.128 e. The van der Waals surface area contributed by atoms with Crippen molar-refractivity contribution in [1.82, 2.24) is 15.2 Å². The average molecular weight is 203 g/mol. The third-order valence-corrected chi connectivity index (χ3v) is 2.18. The lowest BCUT2D eigenvalue weighted by atomic mass is 10.2. The first kappa shape index (κ1) is 9.51. The van der Waals surface area contributed by atoms with Crippen molar-refractivity contribution in [1.29, 1.82) is 0 Å². The highest BCUT2D eigenvalue weighted by Crippen LogP contribution is 2.10. The summed E-state index contributed by atoms with van der Waals surface area (Å²) in [5.74, 6) is 0.774. The average Bonchev–Trinajstić information content (AvgIpc) is 2.61. The van der Waals surface area contributed by atoms with Gasteiger partial charge in [0.1, 0.15) is 5.82 Å². The molecule has 5 heteroatoms. The van der Waals surface area contributed by atoms with Crippen molar-refractivity contribution in [3.63, 3.8) is 0 Å². The van der Waals surface area contributed by atoms with Crippen LogP contribution in [-0.4, -0.2) is 15.2 Å². The largest absolute Gasteiger partial charge is 0.399 e. The molecule has 2 aromatic heterocycles. The zero-order valence-corrected chi connectivity index (χ0v) is 8.49. The quantitative estimate of drug-likeness (QED) is 0.702. The van der Waals surface area contributed by atoms with E-state index >= 15 is 0 Å². The summed E-state index contributed by atoms with van der Waals surface area (Å²) in [4.78, 5) is 4.15. The molecule has 0 spiro atoms. The SMILES string of the molecule is Cc1[nH]ncc1CNc1cc(N)ccn1. The molecule has 0 aromatic carbocycles. The third-order valence-electron chi connectivity index (χ3n) is 2.18. The number of nitrogens with two attached hydrogens (primary N) is 1. The molecule has 0 saturated carbocycles. The van der Waals surface area contributed by atoms with Crippen molar-refractivity contribution < 1.29 is 0 Å². The number of hydrogen-bond donors (Lipinski definition) is 3. The van der Waals surface area contributed by atoms with Crippen molar-refractivity contribution in [3.05, 3.63) is 35.8 Å². The van der Waals surface area contributed by atoms with Crippen molar-refractivity contribution >= 4 is 11.5 Å². The van der Waals surface area contributed by atoms with Gasteiger partial charge in [0.15, 0.2) is 0 Å². The summed E-state index contributed by atoms with van der Waals surface area (Å²) < 4.78 is 0. The lowest BCUT2D eigenvalue weighted by molar-refractivity contribution is 1.04. The molecule has 4 N–H and O–H groups in total. The van der Waals surface area contributed by atoms with E-state index in [2.05, 4.69) is 20.5 Å². The molecule has 2 aromatic rings. The number of aromatic amines is 1. The van der Waals surface area contributed by atoms with Crippen LogP contribution >= 0.6 is 0 Å². The summed E-state index contributed by atoms with van der Waals surface area (Å²) in [7, 11) is 0. The van der Waals surface area contributed by atoms with Gasteiger partial charge in [-0.1, -0.05) is 0 Å². The van der Waals surface area contributed by atoms with Crippen LogP contribution in [0.3, 0.4) is 0 Å². The maximum Gasteiger partial charge on any atom is 0.128 e. The molecule has 0 atom stereocenters. The molecule has 78 valence electrons. The second kappa shape index (κ2) is 4.00. The number of H-pyrrole nitrogens is 1. The molecule has 0 bridgehead atoms. The zero-order chi connectivity index (χ0) is 10.7. The molecular weight excluding hydrogens is 190 g/mol. The van der Waals surface area contributed by atoms with Crippen LogP contribution in [0.15, 0.2) is 24.5 Å². The van der Waals surface area contributed by atoms with E-state index in [1.54, 1.807) is 24.5 Å². The molecule has 0 amide bonds. The van der Waals surface area contributed by atoms with Gasteiger partial charge < -0.3 is 11.1 Å². The standard InChI is InChI=1S/C10H13N5/c1-7-8(6-14-15-7)5-13-10-4-9(11)2-3-12-10/h2-4,6H,5H2,1H3,(H,14,15)(H3,11,12,13). The molecule has 2 heterocycles. The van der Waals surface area contributed by atoms with Gasteiger partial charge in [-0.3, -0.25) is 5.10 Å². The van der Waals surface area contributed by atoms with E-state index in [0.29, 0.717) is 12.2 Å². The molecule has 0 unspecified atom stereocenters. The molecule has 0 aliphatic rings. The Hall–Kier alpha value is -2.04. The van der Waals surface area contributed by atoms with Crippen LogP contribution < -0.4 is 11.1 Å². The third kappa shape index (κ3) is 2.25. The van der Waals surface area contributed by atoms with Gasteiger partial charge >= 0.3 is 0 Å². The van der Waals surface area contributed by atoms with E-state index in [1.165, 1.54) is 0 Å². The Kier molecular flexibility index (Phi) is 2.53. The van der Waals surface area contributed by atoms with E-state index in [9.17, 15) is 0 Å². The van der Waals surface area contributed by atoms with Crippen LogP contribution in [-0.2, 0) is 6.54 Å². The van der Waals surface area contributed by atoms with Crippen LogP contribution in [0.25, 0.3) is 0 Å². The number of anilines is 2. The number of nitrogens with one attached hydrogen (secondary N) is 2. The molecule has 2 rings (SSSR count). The monoisotopic (exact) mass is 203 g/mol. The Bertz CT molecular complexity index is 449. The molecular formula is C10H13N5. The van der Waals surface area contributed by atoms with Crippen molar-refractivity contribution in [2.24, 2.45) is 0 Å². The predicted octanol–water partition coefficient (Wildman–Crippen LogP) is 1.31.